The van der Waals surface area contributed by atoms with Crippen LogP contribution >= 0.6 is 0 Å². The van der Waals surface area contributed by atoms with E-state index in [0.29, 0.717) is 5.82 Å². The summed E-state index contributed by atoms with van der Waals surface area (Å²) in [6.45, 7) is 0. The molecule has 0 bridgehead atoms. The van der Waals surface area contributed by atoms with E-state index in [1.807, 2.05) is 12.1 Å². The van der Waals surface area contributed by atoms with Crippen LogP contribution < -0.4 is 0 Å². The maximum absolute atomic E-state index is 5.32. The lowest BCUT2D eigenvalue weighted by molar-refractivity contribution is 0.794. The molecule has 286 valence electrons. The fraction of sp³-hybridized carbons (Fsp3) is 0.0526. The van der Waals surface area contributed by atoms with Crippen LogP contribution in [0.3, 0.4) is 0 Å². The van der Waals surface area contributed by atoms with Gasteiger partial charge in [0.1, 0.15) is 0 Å². The summed E-state index contributed by atoms with van der Waals surface area (Å²) in [6, 6.07) is 67.1. The largest absolute Gasteiger partial charge is 0.228 e. The Morgan fingerprint density at radius 2 is 0.754 bits per heavy atom. The van der Waals surface area contributed by atoms with Gasteiger partial charge < -0.3 is 0 Å². The minimum atomic E-state index is -0.597. The first kappa shape index (κ1) is 35.2. The average molecular weight is 779 g/mol. The van der Waals surface area contributed by atoms with E-state index < -0.39 is 5.41 Å². The molecule has 4 heteroatoms. The van der Waals surface area contributed by atoms with Gasteiger partial charge in [-0.05, 0) is 87.2 Å². The summed E-state index contributed by atoms with van der Waals surface area (Å²) < 4.78 is 0. The number of aromatic nitrogens is 4. The summed E-state index contributed by atoms with van der Waals surface area (Å²) in [5.41, 5.74) is 19.4. The standard InChI is InChI=1S/C57H38N4/c1-5-17-37(18-6-1)51-35-52(38-19-7-2-8-20-38)59-55(58-51)41-29-31-45-43-25-13-15-27-47(43)57(49(45)33-41)48-28-16-14-26-44(48)46-32-30-42(34-50(46)57)56-60-53(39-21-9-3-10-22-39)36-54(61-56)40-23-11-4-12-24-40/h1-11,13-23,25-36H,12,24H2. The van der Waals surface area contributed by atoms with Gasteiger partial charge in [0.25, 0.3) is 0 Å². The molecule has 0 amide bonds. The van der Waals surface area contributed by atoms with Gasteiger partial charge in [-0.25, -0.2) is 19.9 Å². The smallest absolute Gasteiger partial charge is 0.160 e. The molecule has 0 radical (unpaired) electrons. The first-order valence-electron chi connectivity index (χ1n) is 21.0. The van der Waals surface area contributed by atoms with E-state index >= 15 is 0 Å². The number of hydrogen-bond donors (Lipinski definition) is 0. The molecule has 2 aromatic heterocycles. The van der Waals surface area contributed by atoms with Crippen molar-refractivity contribution in [1.29, 1.82) is 0 Å². The lowest BCUT2D eigenvalue weighted by Gasteiger charge is -2.31. The Bertz CT molecular complexity index is 3170. The molecule has 3 aliphatic rings. The van der Waals surface area contributed by atoms with Crippen molar-refractivity contribution >= 4 is 5.57 Å². The summed E-state index contributed by atoms with van der Waals surface area (Å²) in [7, 11) is 0. The highest BCUT2D eigenvalue weighted by Gasteiger charge is 2.52. The van der Waals surface area contributed by atoms with Crippen LogP contribution in [0.2, 0.25) is 0 Å². The summed E-state index contributed by atoms with van der Waals surface area (Å²) in [6.07, 6.45) is 8.52. The average Bonchev–Trinajstić information content (AvgIpc) is 3.81. The second-order valence-corrected chi connectivity index (χ2v) is 16.0. The Hall–Kier alpha value is -7.82. The van der Waals surface area contributed by atoms with Gasteiger partial charge in [0.2, 0.25) is 0 Å². The minimum Gasteiger partial charge on any atom is -0.228 e. The highest BCUT2D eigenvalue weighted by molar-refractivity contribution is 5.96. The molecule has 1 atom stereocenters. The molecule has 0 saturated carbocycles. The molecule has 0 aliphatic heterocycles. The number of hydrogen-bond acceptors (Lipinski definition) is 4. The van der Waals surface area contributed by atoms with E-state index in [9.17, 15) is 0 Å². The number of benzene rings is 7. The first-order valence-corrected chi connectivity index (χ1v) is 21.0. The summed E-state index contributed by atoms with van der Waals surface area (Å²) in [5, 5.41) is 0. The van der Waals surface area contributed by atoms with Crippen molar-refractivity contribution in [3.63, 3.8) is 0 Å². The van der Waals surface area contributed by atoms with E-state index in [4.69, 9.17) is 19.9 Å². The van der Waals surface area contributed by atoms with Crippen molar-refractivity contribution in [2.24, 2.45) is 0 Å². The number of fused-ring (bicyclic) bond motifs is 10. The predicted octanol–water partition coefficient (Wildman–Crippen LogP) is 13.7. The minimum absolute atomic E-state index is 0.597. The van der Waals surface area contributed by atoms with Gasteiger partial charge in [-0.1, -0.05) is 182 Å². The monoisotopic (exact) mass is 778 g/mol. The van der Waals surface area contributed by atoms with Crippen molar-refractivity contribution in [3.8, 4) is 78.8 Å². The molecule has 1 unspecified atom stereocenters. The molecular weight excluding hydrogens is 741 g/mol. The van der Waals surface area contributed by atoms with Crippen LogP contribution in [0, 0.1) is 0 Å². The van der Waals surface area contributed by atoms with Crippen molar-refractivity contribution in [3.05, 3.63) is 234 Å². The van der Waals surface area contributed by atoms with Crippen LogP contribution in [-0.2, 0) is 5.41 Å². The Morgan fingerprint density at radius 3 is 1.21 bits per heavy atom. The Labute approximate surface area is 355 Å². The van der Waals surface area contributed by atoms with Gasteiger partial charge in [-0.15, -0.1) is 0 Å². The molecule has 61 heavy (non-hydrogen) atoms. The number of nitrogens with zero attached hydrogens (tertiary/aromatic N) is 4. The molecule has 0 N–H and O–H groups in total. The Balaban J connectivity index is 1.09. The van der Waals surface area contributed by atoms with Crippen LogP contribution in [0.15, 0.2) is 206 Å². The third-order valence-corrected chi connectivity index (χ3v) is 12.6. The second kappa shape index (κ2) is 14.2. The lowest BCUT2D eigenvalue weighted by Crippen LogP contribution is -2.26. The highest BCUT2D eigenvalue weighted by atomic mass is 14.9. The third kappa shape index (κ3) is 5.67. The van der Waals surface area contributed by atoms with E-state index in [1.165, 1.54) is 50.1 Å². The molecule has 0 saturated heterocycles. The Morgan fingerprint density at radius 1 is 0.344 bits per heavy atom. The van der Waals surface area contributed by atoms with Crippen LogP contribution in [-0.4, -0.2) is 19.9 Å². The quantitative estimate of drug-likeness (QED) is 0.169. The van der Waals surface area contributed by atoms with Crippen LogP contribution in [0.1, 0.15) is 40.8 Å². The van der Waals surface area contributed by atoms with E-state index in [2.05, 4.69) is 194 Å². The van der Waals surface area contributed by atoms with Gasteiger partial charge in [-0.2, -0.15) is 0 Å². The van der Waals surface area contributed by atoms with Crippen molar-refractivity contribution < 1.29 is 0 Å². The zero-order valence-electron chi connectivity index (χ0n) is 33.3. The van der Waals surface area contributed by atoms with Crippen LogP contribution in [0.25, 0.3) is 84.4 Å². The van der Waals surface area contributed by atoms with Gasteiger partial charge in [0.05, 0.1) is 28.2 Å². The summed E-state index contributed by atoms with van der Waals surface area (Å²) in [4.78, 5) is 21.2. The molecule has 1 spiro atoms. The van der Waals surface area contributed by atoms with E-state index in [0.717, 1.165) is 69.3 Å². The number of allylic oxidation sites excluding steroid dienone is 4. The normalized spacial score (nSPS) is 15.5. The summed E-state index contributed by atoms with van der Waals surface area (Å²) >= 11 is 0. The second-order valence-electron chi connectivity index (χ2n) is 16.0. The topological polar surface area (TPSA) is 51.6 Å². The molecule has 2 heterocycles. The molecule has 3 aliphatic carbocycles. The third-order valence-electron chi connectivity index (χ3n) is 12.6. The van der Waals surface area contributed by atoms with Crippen molar-refractivity contribution in [1.82, 2.24) is 19.9 Å². The molecule has 0 fully saturated rings. The molecule has 12 rings (SSSR count). The van der Waals surface area contributed by atoms with Gasteiger partial charge >= 0.3 is 0 Å². The fourth-order valence-electron chi connectivity index (χ4n) is 9.82. The zero-order valence-corrected chi connectivity index (χ0v) is 33.3. The number of rotatable bonds is 6. The predicted molar refractivity (Wildman–Crippen MR) is 247 cm³/mol. The molecule has 4 nitrogen and oxygen atoms in total. The summed E-state index contributed by atoms with van der Waals surface area (Å²) in [5.74, 6) is 1.42. The van der Waals surface area contributed by atoms with Gasteiger partial charge in [0.15, 0.2) is 11.6 Å². The molecular formula is C57H38N4. The van der Waals surface area contributed by atoms with Gasteiger partial charge in [0, 0.05) is 27.8 Å². The van der Waals surface area contributed by atoms with Crippen LogP contribution in [0.4, 0.5) is 0 Å². The maximum atomic E-state index is 5.32. The Kier molecular flexibility index (Phi) is 8.17. The highest BCUT2D eigenvalue weighted by Crippen LogP contribution is 2.63. The first-order chi connectivity index (χ1) is 30.2. The molecule has 7 aromatic carbocycles. The zero-order chi connectivity index (χ0) is 40.3. The van der Waals surface area contributed by atoms with E-state index in [-0.39, 0.29) is 0 Å². The lowest BCUT2D eigenvalue weighted by atomic mass is 9.70. The van der Waals surface area contributed by atoms with Gasteiger partial charge in [-0.3, -0.25) is 0 Å². The SMILES string of the molecule is C1=CCCC(c2cc(-c3ccccc3)nc(-c3ccc4c(c3)C3(c5ccccc5-4)c4ccccc4-c4ccc(-c5nc(-c6ccccc6)cc(-c6ccccc6)n5)cc43)n2)=C1. The maximum Gasteiger partial charge on any atom is 0.160 e. The van der Waals surface area contributed by atoms with Crippen LogP contribution in [0.5, 0.6) is 0 Å². The fourth-order valence-corrected chi connectivity index (χ4v) is 9.82. The van der Waals surface area contributed by atoms with Crippen molar-refractivity contribution in [2.75, 3.05) is 0 Å². The van der Waals surface area contributed by atoms with E-state index in [1.54, 1.807) is 0 Å². The van der Waals surface area contributed by atoms with Crippen molar-refractivity contribution in [2.45, 2.75) is 18.3 Å². The molecule has 9 aromatic rings.